The second kappa shape index (κ2) is 7.93. The van der Waals surface area contributed by atoms with Crippen molar-refractivity contribution < 1.29 is 4.79 Å². The number of carbonyl (C=O) groups is 1. The molecule has 26 heavy (non-hydrogen) atoms. The molecular weight excluding hydrogens is 328 g/mol. The molecule has 0 radical (unpaired) electrons. The molecule has 1 heterocycles. The predicted octanol–water partition coefficient (Wildman–Crippen LogP) is 1.74. The maximum Gasteiger partial charge on any atom is 0.274 e. The van der Waals surface area contributed by atoms with Gasteiger partial charge in [-0.05, 0) is 18.7 Å². The fourth-order valence-corrected chi connectivity index (χ4v) is 2.82. The minimum absolute atomic E-state index is 0.195. The van der Waals surface area contributed by atoms with Crippen LogP contribution in [0.1, 0.15) is 16.1 Å². The zero-order valence-electron chi connectivity index (χ0n) is 15.0. The number of benzene rings is 2. The van der Waals surface area contributed by atoms with Gasteiger partial charge in [0.2, 0.25) is 0 Å². The Balaban J connectivity index is 2.08. The molecule has 0 spiro atoms. The number of fused-ring (bicyclic) bond motifs is 1. The van der Waals surface area contributed by atoms with E-state index in [1.165, 1.54) is 4.68 Å². The monoisotopic (exact) mass is 350 g/mol. The lowest BCUT2D eigenvalue weighted by Crippen LogP contribution is -2.35. The SMILES string of the molecule is CNCCN(C)C(=O)c1nn(Cc2ccccc2)c(=O)c2ccccc12. The summed E-state index contributed by atoms with van der Waals surface area (Å²) in [6.07, 6.45) is 0. The molecule has 0 aliphatic rings. The quantitative estimate of drug-likeness (QED) is 0.735. The summed E-state index contributed by atoms with van der Waals surface area (Å²) in [5.74, 6) is -0.196. The van der Waals surface area contributed by atoms with Crippen LogP contribution in [0.5, 0.6) is 0 Å². The molecule has 0 saturated carbocycles. The van der Waals surface area contributed by atoms with Crippen molar-refractivity contribution in [1.29, 1.82) is 0 Å². The third kappa shape index (κ3) is 3.65. The van der Waals surface area contributed by atoms with E-state index in [1.54, 1.807) is 30.1 Å². The molecule has 0 aliphatic heterocycles. The molecule has 0 saturated heterocycles. The summed E-state index contributed by atoms with van der Waals surface area (Å²) in [5, 5.41) is 8.53. The second-order valence-electron chi connectivity index (χ2n) is 6.17. The van der Waals surface area contributed by atoms with Crippen molar-refractivity contribution in [2.45, 2.75) is 6.54 Å². The van der Waals surface area contributed by atoms with Gasteiger partial charge in [-0.15, -0.1) is 0 Å². The Bertz CT molecular complexity index is 966. The fourth-order valence-electron chi connectivity index (χ4n) is 2.82. The third-order valence-electron chi connectivity index (χ3n) is 4.29. The van der Waals surface area contributed by atoms with Crippen LogP contribution in [0.3, 0.4) is 0 Å². The lowest BCUT2D eigenvalue weighted by molar-refractivity contribution is 0.0790. The third-order valence-corrected chi connectivity index (χ3v) is 4.29. The van der Waals surface area contributed by atoms with Crippen molar-refractivity contribution in [2.75, 3.05) is 27.2 Å². The van der Waals surface area contributed by atoms with Crippen molar-refractivity contribution in [3.8, 4) is 0 Å². The van der Waals surface area contributed by atoms with Crippen LogP contribution in [0.25, 0.3) is 10.8 Å². The van der Waals surface area contributed by atoms with Crippen molar-refractivity contribution >= 4 is 16.7 Å². The number of hydrogen-bond acceptors (Lipinski definition) is 4. The minimum atomic E-state index is -0.196. The number of likely N-dealkylation sites (N-methyl/N-ethyl adjacent to an activating group) is 2. The van der Waals surface area contributed by atoms with Crippen LogP contribution >= 0.6 is 0 Å². The van der Waals surface area contributed by atoms with Crippen LogP contribution in [0.2, 0.25) is 0 Å². The molecule has 0 bridgehead atoms. The molecule has 1 amide bonds. The number of carbonyl (C=O) groups excluding carboxylic acids is 1. The number of nitrogens with zero attached hydrogens (tertiary/aromatic N) is 3. The van der Waals surface area contributed by atoms with E-state index in [1.807, 2.05) is 43.4 Å². The smallest absolute Gasteiger partial charge is 0.274 e. The van der Waals surface area contributed by atoms with Gasteiger partial charge in [0.05, 0.1) is 11.9 Å². The highest BCUT2D eigenvalue weighted by Crippen LogP contribution is 2.15. The molecule has 0 unspecified atom stereocenters. The van der Waals surface area contributed by atoms with Gasteiger partial charge >= 0.3 is 0 Å². The zero-order chi connectivity index (χ0) is 18.5. The van der Waals surface area contributed by atoms with Gasteiger partial charge in [0.15, 0.2) is 5.69 Å². The molecule has 6 heteroatoms. The van der Waals surface area contributed by atoms with Crippen molar-refractivity contribution in [3.63, 3.8) is 0 Å². The lowest BCUT2D eigenvalue weighted by Gasteiger charge is -2.18. The summed E-state index contributed by atoms with van der Waals surface area (Å²) in [7, 11) is 3.58. The summed E-state index contributed by atoms with van der Waals surface area (Å²) < 4.78 is 1.37. The van der Waals surface area contributed by atoms with Crippen molar-refractivity contribution in [2.24, 2.45) is 0 Å². The van der Waals surface area contributed by atoms with Gasteiger partial charge in [0.1, 0.15) is 0 Å². The summed E-state index contributed by atoms with van der Waals surface area (Å²) in [4.78, 5) is 27.3. The normalized spacial score (nSPS) is 10.8. The molecule has 0 atom stereocenters. The van der Waals surface area contributed by atoms with E-state index in [4.69, 9.17) is 0 Å². The first-order chi connectivity index (χ1) is 12.6. The number of hydrogen-bond donors (Lipinski definition) is 1. The van der Waals surface area contributed by atoms with Crippen molar-refractivity contribution in [3.05, 3.63) is 76.2 Å². The van der Waals surface area contributed by atoms with Gasteiger partial charge in [0.25, 0.3) is 11.5 Å². The van der Waals surface area contributed by atoms with Gasteiger partial charge in [-0.2, -0.15) is 5.10 Å². The van der Waals surface area contributed by atoms with Crippen LogP contribution in [-0.4, -0.2) is 47.8 Å². The maximum absolute atomic E-state index is 12.9. The molecule has 1 N–H and O–H groups in total. The summed E-state index contributed by atoms with van der Waals surface area (Å²) >= 11 is 0. The molecule has 134 valence electrons. The standard InChI is InChI=1S/C20H22N4O2/c1-21-12-13-23(2)20(26)18-16-10-6-7-11-17(16)19(25)24(22-18)14-15-8-4-3-5-9-15/h3-11,21H,12-14H2,1-2H3. The van der Waals surface area contributed by atoms with E-state index < -0.39 is 0 Å². The first kappa shape index (κ1) is 17.8. The van der Waals surface area contributed by atoms with E-state index in [2.05, 4.69) is 10.4 Å². The highest BCUT2D eigenvalue weighted by Gasteiger charge is 2.19. The number of rotatable bonds is 6. The maximum atomic E-state index is 12.9. The van der Waals surface area contributed by atoms with E-state index in [0.29, 0.717) is 36.1 Å². The molecular formula is C20H22N4O2. The van der Waals surface area contributed by atoms with Gasteiger partial charge in [-0.3, -0.25) is 9.59 Å². The Morgan fingerprint density at radius 3 is 2.42 bits per heavy atom. The lowest BCUT2D eigenvalue weighted by atomic mass is 10.1. The first-order valence-electron chi connectivity index (χ1n) is 8.55. The molecule has 0 aliphatic carbocycles. The summed E-state index contributed by atoms with van der Waals surface area (Å²) in [6, 6.07) is 16.8. The Kier molecular flexibility index (Phi) is 5.43. The molecule has 3 aromatic rings. The minimum Gasteiger partial charge on any atom is -0.339 e. The number of amides is 1. The number of aromatic nitrogens is 2. The molecule has 1 aromatic heterocycles. The molecule has 6 nitrogen and oxygen atoms in total. The Morgan fingerprint density at radius 1 is 1.08 bits per heavy atom. The molecule has 2 aromatic carbocycles. The van der Waals surface area contributed by atoms with Gasteiger partial charge in [0, 0.05) is 25.5 Å². The van der Waals surface area contributed by atoms with E-state index >= 15 is 0 Å². The van der Waals surface area contributed by atoms with Crippen molar-refractivity contribution in [1.82, 2.24) is 20.0 Å². The molecule has 3 rings (SSSR count). The highest BCUT2D eigenvalue weighted by molar-refractivity contribution is 6.04. The van der Waals surface area contributed by atoms with Crippen LogP contribution in [0.4, 0.5) is 0 Å². The fraction of sp³-hybridized carbons (Fsp3) is 0.250. The average molecular weight is 350 g/mol. The average Bonchev–Trinajstić information content (AvgIpc) is 2.68. The van der Waals surface area contributed by atoms with Gasteiger partial charge in [-0.1, -0.05) is 48.5 Å². The predicted molar refractivity (Wildman–Crippen MR) is 102 cm³/mol. The topological polar surface area (TPSA) is 67.2 Å². The van der Waals surface area contributed by atoms with Gasteiger partial charge in [-0.25, -0.2) is 4.68 Å². The summed E-state index contributed by atoms with van der Waals surface area (Å²) in [6.45, 7) is 1.57. The Hall–Kier alpha value is -2.99. The van der Waals surface area contributed by atoms with Crippen LogP contribution in [-0.2, 0) is 6.54 Å². The second-order valence-corrected chi connectivity index (χ2v) is 6.17. The Morgan fingerprint density at radius 2 is 1.73 bits per heavy atom. The van der Waals surface area contributed by atoms with E-state index in [9.17, 15) is 9.59 Å². The van der Waals surface area contributed by atoms with Crippen LogP contribution in [0.15, 0.2) is 59.4 Å². The van der Waals surface area contributed by atoms with Gasteiger partial charge < -0.3 is 10.2 Å². The van der Waals surface area contributed by atoms with Crippen LogP contribution < -0.4 is 10.9 Å². The van der Waals surface area contributed by atoms with E-state index in [0.717, 1.165) is 5.56 Å². The number of nitrogens with one attached hydrogen (secondary N) is 1. The Labute approximate surface area is 152 Å². The highest BCUT2D eigenvalue weighted by atomic mass is 16.2. The summed E-state index contributed by atoms with van der Waals surface area (Å²) in [5.41, 5.74) is 1.06. The van der Waals surface area contributed by atoms with E-state index in [-0.39, 0.29) is 11.5 Å². The van der Waals surface area contributed by atoms with Crippen LogP contribution in [0, 0.1) is 0 Å². The molecule has 0 fully saturated rings. The largest absolute Gasteiger partial charge is 0.339 e. The first-order valence-corrected chi connectivity index (χ1v) is 8.55. The zero-order valence-corrected chi connectivity index (χ0v) is 15.0.